The van der Waals surface area contributed by atoms with Crippen molar-refractivity contribution in [3.63, 3.8) is 0 Å². The van der Waals surface area contributed by atoms with Crippen molar-refractivity contribution in [1.29, 1.82) is 0 Å². The molecule has 0 saturated carbocycles. The third-order valence-corrected chi connectivity index (χ3v) is 4.62. The number of anilines is 4. The smallest absolute Gasteiger partial charge is 0.249 e. The fraction of sp³-hybridized carbons (Fsp3) is 0.182. The van der Waals surface area contributed by atoms with Gasteiger partial charge in [0, 0.05) is 17.3 Å². The third kappa shape index (κ3) is 3.62. The minimum atomic E-state index is 0.400. The van der Waals surface area contributed by atoms with Gasteiger partial charge in [-0.3, -0.25) is 4.98 Å². The lowest BCUT2D eigenvalue weighted by molar-refractivity contribution is 0.866. The third-order valence-electron chi connectivity index (χ3n) is 4.62. The van der Waals surface area contributed by atoms with Crippen LogP contribution in [0.3, 0.4) is 0 Å². The van der Waals surface area contributed by atoms with Crippen LogP contribution in [-0.2, 0) is 0 Å². The Morgan fingerprint density at radius 1 is 0.929 bits per heavy atom. The van der Waals surface area contributed by atoms with Crippen LogP contribution >= 0.6 is 0 Å². The second-order valence-corrected chi connectivity index (χ2v) is 6.99. The molecule has 28 heavy (non-hydrogen) atoms. The molecular weight excluding hydrogens is 348 g/mol. The molecule has 0 spiro atoms. The number of benzene rings is 2. The number of aryl methyl sites for hydroxylation is 1. The Hall–Kier alpha value is -3.54. The van der Waals surface area contributed by atoms with Crippen LogP contribution in [0.25, 0.3) is 10.9 Å². The van der Waals surface area contributed by atoms with Crippen LogP contribution in [0.4, 0.5) is 23.1 Å². The van der Waals surface area contributed by atoms with Gasteiger partial charge in [0.15, 0.2) is 5.82 Å². The van der Waals surface area contributed by atoms with Gasteiger partial charge in [-0.15, -0.1) is 5.10 Å². The zero-order valence-corrected chi connectivity index (χ0v) is 16.1. The molecule has 0 bridgehead atoms. The molecule has 2 aromatic heterocycles. The molecule has 0 radical (unpaired) electrons. The van der Waals surface area contributed by atoms with E-state index in [0.717, 1.165) is 27.8 Å². The van der Waals surface area contributed by atoms with Gasteiger partial charge in [-0.1, -0.05) is 50.2 Å². The van der Waals surface area contributed by atoms with Crippen LogP contribution in [0, 0.1) is 6.92 Å². The van der Waals surface area contributed by atoms with Gasteiger partial charge >= 0.3 is 0 Å². The molecule has 0 fully saturated rings. The Bertz CT molecular complexity index is 1120. The molecule has 0 aliphatic heterocycles. The van der Waals surface area contributed by atoms with E-state index in [0.29, 0.717) is 17.7 Å². The Labute approximate surface area is 164 Å². The Balaban J connectivity index is 1.64. The van der Waals surface area contributed by atoms with Crippen molar-refractivity contribution < 1.29 is 0 Å². The van der Waals surface area contributed by atoms with Crippen LogP contribution in [0.15, 0.2) is 60.9 Å². The van der Waals surface area contributed by atoms with Crippen LogP contribution in [0.2, 0.25) is 0 Å². The average Bonchev–Trinajstić information content (AvgIpc) is 2.70. The number of nitrogens with one attached hydrogen (secondary N) is 2. The highest BCUT2D eigenvalue weighted by atomic mass is 15.3. The van der Waals surface area contributed by atoms with E-state index in [4.69, 9.17) is 0 Å². The molecule has 6 nitrogen and oxygen atoms in total. The van der Waals surface area contributed by atoms with Gasteiger partial charge in [-0.05, 0) is 36.1 Å². The van der Waals surface area contributed by atoms with Crippen LogP contribution < -0.4 is 10.6 Å². The van der Waals surface area contributed by atoms with E-state index in [1.165, 1.54) is 5.56 Å². The monoisotopic (exact) mass is 370 g/mol. The van der Waals surface area contributed by atoms with Crippen molar-refractivity contribution >= 4 is 34.0 Å². The fourth-order valence-corrected chi connectivity index (χ4v) is 3.21. The zero-order chi connectivity index (χ0) is 19.5. The fourth-order valence-electron chi connectivity index (χ4n) is 3.21. The highest BCUT2D eigenvalue weighted by Gasteiger charge is 2.11. The highest BCUT2D eigenvalue weighted by Crippen LogP contribution is 2.30. The summed E-state index contributed by atoms with van der Waals surface area (Å²) in [6.07, 6.45) is 3.40. The molecule has 0 aliphatic carbocycles. The number of hydrogen-bond donors (Lipinski definition) is 2. The molecule has 4 rings (SSSR count). The normalized spacial score (nSPS) is 11.0. The van der Waals surface area contributed by atoms with Crippen LogP contribution in [-0.4, -0.2) is 20.2 Å². The summed E-state index contributed by atoms with van der Waals surface area (Å²) in [7, 11) is 0. The number of rotatable bonds is 5. The Morgan fingerprint density at radius 2 is 1.75 bits per heavy atom. The lowest BCUT2D eigenvalue weighted by Gasteiger charge is -2.17. The van der Waals surface area contributed by atoms with Crippen molar-refractivity contribution in [3.05, 3.63) is 72.1 Å². The predicted octanol–water partition coefficient (Wildman–Crippen LogP) is 5.34. The van der Waals surface area contributed by atoms with E-state index in [1.807, 2.05) is 30.3 Å². The molecular formula is C22H22N6. The summed E-state index contributed by atoms with van der Waals surface area (Å²) in [4.78, 5) is 9.04. The number of fused-ring (bicyclic) bond motifs is 1. The second kappa shape index (κ2) is 7.60. The molecule has 2 heterocycles. The first kappa shape index (κ1) is 17.9. The summed E-state index contributed by atoms with van der Waals surface area (Å²) in [5.41, 5.74) is 5.18. The van der Waals surface area contributed by atoms with Crippen molar-refractivity contribution in [2.24, 2.45) is 0 Å². The predicted molar refractivity (Wildman–Crippen MR) is 113 cm³/mol. The van der Waals surface area contributed by atoms with Crippen molar-refractivity contribution in [3.8, 4) is 0 Å². The quantitative estimate of drug-likeness (QED) is 0.494. The van der Waals surface area contributed by atoms with Gasteiger partial charge in [0.25, 0.3) is 0 Å². The molecule has 0 atom stereocenters. The van der Waals surface area contributed by atoms with Gasteiger partial charge in [0.05, 0.1) is 17.4 Å². The molecule has 4 aromatic rings. The topological polar surface area (TPSA) is 75.6 Å². The number of nitrogens with zero attached hydrogens (tertiary/aromatic N) is 4. The maximum absolute atomic E-state index is 4.59. The molecule has 0 amide bonds. The number of hydrogen-bond acceptors (Lipinski definition) is 6. The summed E-state index contributed by atoms with van der Waals surface area (Å²) >= 11 is 0. The maximum Gasteiger partial charge on any atom is 0.249 e. The van der Waals surface area contributed by atoms with Crippen LogP contribution in [0.5, 0.6) is 0 Å². The summed E-state index contributed by atoms with van der Waals surface area (Å²) in [5.74, 6) is 1.46. The molecule has 6 heteroatoms. The average molecular weight is 370 g/mol. The van der Waals surface area contributed by atoms with E-state index in [9.17, 15) is 0 Å². The van der Waals surface area contributed by atoms with Gasteiger partial charge in [0.2, 0.25) is 5.95 Å². The van der Waals surface area contributed by atoms with E-state index in [-0.39, 0.29) is 0 Å². The largest absolute Gasteiger partial charge is 0.338 e. The SMILES string of the molecule is Cc1cccc(C(C)C)c1Nc1cnnc(Nc2cccc3cccnc23)n1. The summed E-state index contributed by atoms with van der Waals surface area (Å²) in [6, 6.07) is 16.2. The molecule has 2 N–H and O–H groups in total. The molecule has 0 aliphatic rings. The zero-order valence-electron chi connectivity index (χ0n) is 16.1. The van der Waals surface area contributed by atoms with Crippen molar-refractivity contribution in [2.75, 3.05) is 10.6 Å². The highest BCUT2D eigenvalue weighted by molar-refractivity contribution is 5.91. The summed E-state index contributed by atoms with van der Waals surface area (Å²) in [5, 5.41) is 15.9. The molecule has 0 unspecified atom stereocenters. The summed E-state index contributed by atoms with van der Waals surface area (Å²) in [6.45, 7) is 6.45. The lowest BCUT2D eigenvalue weighted by Crippen LogP contribution is -2.05. The Kier molecular flexibility index (Phi) is 4.85. The maximum atomic E-state index is 4.59. The second-order valence-electron chi connectivity index (χ2n) is 6.99. The van der Waals surface area contributed by atoms with Gasteiger partial charge in [0.1, 0.15) is 0 Å². The minimum absolute atomic E-state index is 0.400. The van der Waals surface area contributed by atoms with Gasteiger partial charge < -0.3 is 10.6 Å². The lowest BCUT2D eigenvalue weighted by atomic mass is 9.98. The summed E-state index contributed by atoms with van der Waals surface area (Å²) < 4.78 is 0. The molecule has 0 saturated heterocycles. The minimum Gasteiger partial charge on any atom is -0.338 e. The van der Waals surface area contributed by atoms with Crippen molar-refractivity contribution in [2.45, 2.75) is 26.7 Å². The standard InChI is InChI=1S/C22H22N6/c1-14(2)17-10-4-7-15(3)20(17)26-19-13-24-28-22(27-19)25-18-11-5-8-16-9-6-12-23-21(16)18/h4-14H,1-3H3,(H2,25,26,27,28). The first-order valence-corrected chi connectivity index (χ1v) is 9.29. The van der Waals surface area contributed by atoms with Gasteiger partial charge in [-0.2, -0.15) is 10.1 Å². The first-order valence-electron chi connectivity index (χ1n) is 9.29. The number of aromatic nitrogens is 4. The first-order chi connectivity index (χ1) is 13.6. The van der Waals surface area contributed by atoms with Gasteiger partial charge in [-0.25, -0.2) is 0 Å². The van der Waals surface area contributed by atoms with Crippen molar-refractivity contribution in [1.82, 2.24) is 20.2 Å². The van der Waals surface area contributed by atoms with Crippen LogP contribution in [0.1, 0.15) is 30.9 Å². The molecule has 140 valence electrons. The van der Waals surface area contributed by atoms with E-state index in [2.05, 4.69) is 69.8 Å². The number of pyridine rings is 1. The molecule has 2 aromatic carbocycles. The van der Waals surface area contributed by atoms with E-state index >= 15 is 0 Å². The van der Waals surface area contributed by atoms with E-state index < -0.39 is 0 Å². The Morgan fingerprint density at radius 3 is 2.61 bits per heavy atom. The van der Waals surface area contributed by atoms with E-state index in [1.54, 1.807) is 12.4 Å². The number of para-hydroxylation sites is 2.